The van der Waals surface area contributed by atoms with E-state index in [4.69, 9.17) is 0 Å². The minimum atomic E-state index is 0.286. The quantitative estimate of drug-likeness (QED) is 0.738. The van der Waals surface area contributed by atoms with Crippen molar-refractivity contribution < 1.29 is 5.11 Å². The number of phenols is 1. The van der Waals surface area contributed by atoms with Gasteiger partial charge in [-0.1, -0.05) is 42.5 Å². The fourth-order valence-electron chi connectivity index (χ4n) is 2.02. The van der Waals surface area contributed by atoms with Crippen LogP contribution < -0.4 is 0 Å². The van der Waals surface area contributed by atoms with Crippen LogP contribution in [0.5, 0.6) is 5.75 Å². The highest BCUT2D eigenvalue weighted by Crippen LogP contribution is 2.24. The monoisotopic (exact) mass is 247 g/mol. The molecule has 2 heteroatoms. The van der Waals surface area contributed by atoms with E-state index in [1.54, 1.807) is 18.3 Å². The second-order valence-corrected chi connectivity index (χ2v) is 4.34. The first kappa shape index (κ1) is 11.5. The van der Waals surface area contributed by atoms with Crippen LogP contribution in [0.4, 0.5) is 0 Å². The summed E-state index contributed by atoms with van der Waals surface area (Å²) >= 11 is 0. The molecule has 2 aromatic carbocycles. The molecule has 0 aliphatic rings. The van der Waals surface area contributed by atoms with Crippen molar-refractivity contribution in [2.45, 2.75) is 0 Å². The largest absolute Gasteiger partial charge is 0.508 e. The van der Waals surface area contributed by atoms with Gasteiger partial charge in [-0.2, -0.15) is 0 Å². The van der Waals surface area contributed by atoms with Gasteiger partial charge in [0.05, 0.1) is 5.69 Å². The average Bonchev–Trinajstić information content (AvgIpc) is 2.49. The Kier molecular flexibility index (Phi) is 2.99. The predicted octanol–water partition coefficient (Wildman–Crippen LogP) is 4.12. The van der Waals surface area contributed by atoms with Crippen molar-refractivity contribution in [2.75, 3.05) is 0 Å². The molecule has 19 heavy (non-hydrogen) atoms. The summed E-state index contributed by atoms with van der Waals surface area (Å²) in [6.07, 6.45) is 1.79. The molecule has 0 aliphatic carbocycles. The number of hydrogen-bond donors (Lipinski definition) is 1. The molecule has 0 aliphatic heterocycles. The molecule has 0 spiro atoms. The van der Waals surface area contributed by atoms with E-state index in [-0.39, 0.29) is 5.75 Å². The maximum Gasteiger partial charge on any atom is 0.115 e. The van der Waals surface area contributed by atoms with Gasteiger partial charge < -0.3 is 5.11 Å². The zero-order chi connectivity index (χ0) is 13.1. The molecule has 1 heterocycles. The van der Waals surface area contributed by atoms with Crippen LogP contribution in [0.1, 0.15) is 0 Å². The molecule has 1 aromatic heterocycles. The summed E-state index contributed by atoms with van der Waals surface area (Å²) in [4.78, 5) is 4.33. The first-order valence-corrected chi connectivity index (χ1v) is 6.14. The smallest absolute Gasteiger partial charge is 0.115 e. The number of hydrogen-bond acceptors (Lipinski definition) is 2. The normalized spacial score (nSPS) is 10.3. The number of aromatic hydroxyl groups is 1. The second-order valence-electron chi connectivity index (χ2n) is 4.34. The Morgan fingerprint density at radius 2 is 1.21 bits per heavy atom. The van der Waals surface area contributed by atoms with Crippen molar-refractivity contribution in [2.24, 2.45) is 0 Å². The van der Waals surface area contributed by atoms with Crippen LogP contribution in [0.2, 0.25) is 0 Å². The molecule has 0 bridgehead atoms. The van der Waals surface area contributed by atoms with Crippen LogP contribution >= 0.6 is 0 Å². The Morgan fingerprint density at radius 3 is 1.79 bits per heavy atom. The summed E-state index contributed by atoms with van der Waals surface area (Å²) in [7, 11) is 0. The molecule has 0 amide bonds. The summed E-state index contributed by atoms with van der Waals surface area (Å²) < 4.78 is 0. The van der Waals surface area contributed by atoms with Crippen molar-refractivity contribution in [3.8, 4) is 28.1 Å². The Morgan fingerprint density at radius 1 is 0.632 bits per heavy atom. The molecule has 2 nitrogen and oxygen atoms in total. The summed E-state index contributed by atoms with van der Waals surface area (Å²) in [5.74, 6) is 0.286. The Bertz CT molecular complexity index is 658. The van der Waals surface area contributed by atoms with E-state index in [0.717, 1.165) is 22.4 Å². The summed E-state index contributed by atoms with van der Waals surface area (Å²) in [5, 5.41) is 9.29. The van der Waals surface area contributed by atoms with Gasteiger partial charge >= 0.3 is 0 Å². The Labute approximate surface area is 112 Å². The van der Waals surface area contributed by atoms with Gasteiger partial charge in [0.1, 0.15) is 5.75 Å². The van der Waals surface area contributed by atoms with Gasteiger partial charge in [0, 0.05) is 11.8 Å². The van der Waals surface area contributed by atoms with E-state index < -0.39 is 0 Å². The zero-order valence-corrected chi connectivity index (χ0v) is 10.3. The van der Waals surface area contributed by atoms with Crippen LogP contribution in [0, 0.1) is 0 Å². The maximum absolute atomic E-state index is 9.29. The SMILES string of the molecule is Oc1ccc(-c2ccc(-c3ccccn3)cc2)cc1. The van der Waals surface area contributed by atoms with Crippen LogP contribution in [0.3, 0.4) is 0 Å². The molecule has 3 aromatic rings. The first-order chi connectivity index (χ1) is 9.33. The zero-order valence-electron chi connectivity index (χ0n) is 10.3. The highest BCUT2D eigenvalue weighted by atomic mass is 16.3. The van der Waals surface area contributed by atoms with Gasteiger partial charge in [0.25, 0.3) is 0 Å². The highest BCUT2D eigenvalue weighted by Gasteiger charge is 2.00. The van der Waals surface area contributed by atoms with E-state index in [0.29, 0.717) is 0 Å². The number of aromatic nitrogens is 1. The van der Waals surface area contributed by atoms with E-state index >= 15 is 0 Å². The lowest BCUT2D eigenvalue weighted by atomic mass is 10.0. The van der Waals surface area contributed by atoms with Gasteiger partial charge in [-0.15, -0.1) is 0 Å². The molecule has 1 N–H and O–H groups in total. The predicted molar refractivity (Wildman–Crippen MR) is 76.8 cm³/mol. The third kappa shape index (κ3) is 2.47. The minimum absolute atomic E-state index is 0.286. The van der Waals surface area contributed by atoms with Crippen LogP contribution in [0.15, 0.2) is 72.9 Å². The lowest BCUT2D eigenvalue weighted by Crippen LogP contribution is -1.82. The molecule has 0 saturated carbocycles. The summed E-state index contributed by atoms with van der Waals surface area (Å²) in [5.41, 5.74) is 4.29. The fraction of sp³-hybridized carbons (Fsp3) is 0. The second kappa shape index (κ2) is 4.94. The van der Waals surface area contributed by atoms with Crippen LogP contribution in [0.25, 0.3) is 22.4 Å². The van der Waals surface area contributed by atoms with Gasteiger partial charge in [-0.05, 0) is 35.4 Å². The summed E-state index contributed by atoms with van der Waals surface area (Å²) in [6.45, 7) is 0. The molecular weight excluding hydrogens is 234 g/mol. The topological polar surface area (TPSA) is 33.1 Å². The molecule has 3 rings (SSSR count). The number of phenolic OH excluding ortho intramolecular Hbond substituents is 1. The average molecular weight is 247 g/mol. The lowest BCUT2D eigenvalue weighted by Gasteiger charge is -2.04. The molecule has 0 atom stereocenters. The highest BCUT2D eigenvalue weighted by molar-refractivity contribution is 5.69. The van der Waals surface area contributed by atoms with Gasteiger partial charge in [0.2, 0.25) is 0 Å². The number of pyridine rings is 1. The Hall–Kier alpha value is -2.61. The van der Waals surface area contributed by atoms with Crippen molar-refractivity contribution in [3.05, 3.63) is 72.9 Å². The molecule has 0 radical (unpaired) electrons. The lowest BCUT2D eigenvalue weighted by molar-refractivity contribution is 0.475. The first-order valence-electron chi connectivity index (χ1n) is 6.14. The van der Waals surface area contributed by atoms with Crippen molar-refractivity contribution in [3.63, 3.8) is 0 Å². The van der Waals surface area contributed by atoms with E-state index in [1.807, 2.05) is 30.3 Å². The number of benzene rings is 2. The third-order valence-corrected chi connectivity index (χ3v) is 3.05. The van der Waals surface area contributed by atoms with Gasteiger partial charge in [-0.25, -0.2) is 0 Å². The molecular formula is C17H13NO. The number of rotatable bonds is 2. The minimum Gasteiger partial charge on any atom is -0.508 e. The fourth-order valence-corrected chi connectivity index (χ4v) is 2.02. The van der Waals surface area contributed by atoms with Gasteiger partial charge in [0.15, 0.2) is 0 Å². The molecule has 92 valence electrons. The van der Waals surface area contributed by atoms with Gasteiger partial charge in [-0.3, -0.25) is 4.98 Å². The Balaban J connectivity index is 1.93. The molecule has 0 saturated heterocycles. The van der Waals surface area contributed by atoms with Crippen LogP contribution in [-0.4, -0.2) is 10.1 Å². The van der Waals surface area contributed by atoms with E-state index in [9.17, 15) is 5.11 Å². The van der Waals surface area contributed by atoms with E-state index in [1.165, 1.54) is 0 Å². The van der Waals surface area contributed by atoms with Crippen molar-refractivity contribution >= 4 is 0 Å². The standard InChI is InChI=1S/C17H13NO/c19-16-10-8-14(9-11-16)13-4-6-15(7-5-13)17-3-1-2-12-18-17/h1-12,19H. The third-order valence-electron chi connectivity index (χ3n) is 3.05. The number of nitrogens with zero attached hydrogens (tertiary/aromatic N) is 1. The van der Waals surface area contributed by atoms with E-state index in [2.05, 4.69) is 29.2 Å². The van der Waals surface area contributed by atoms with Crippen molar-refractivity contribution in [1.29, 1.82) is 0 Å². The molecule has 0 fully saturated rings. The summed E-state index contributed by atoms with van der Waals surface area (Å²) in [6, 6.07) is 21.3. The van der Waals surface area contributed by atoms with Crippen molar-refractivity contribution in [1.82, 2.24) is 4.98 Å². The van der Waals surface area contributed by atoms with Crippen LogP contribution in [-0.2, 0) is 0 Å². The maximum atomic E-state index is 9.29. The molecule has 0 unspecified atom stereocenters.